The summed E-state index contributed by atoms with van der Waals surface area (Å²) in [7, 11) is 0. The fraction of sp³-hybridized carbons (Fsp3) is 0.500. The molecule has 0 spiro atoms. The highest BCUT2D eigenvalue weighted by atomic mass is 16.7. The minimum atomic E-state index is -0.647. The molecule has 2 bridgehead atoms. The van der Waals surface area contributed by atoms with Crippen LogP contribution < -0.4 is 5.06 Å². The average Bonchev–Trinajstić information content (AvgIpc) is 2.59. The Bertz CT molecular complexity index is 596. The van der Waals surface area contributed by atoms with E-state index in [2.05, 4.69) is 19.9 Å². The van der Waals surface area contributed by atoms with E-state index in [1.165, 1.54) is 6.92 Å². The van der Waals surface area contributed by atoms with Crippen LogP contribution >= 0.6 is 0 Å². The third kappa shape index (κ3) is 2.52. The number of benzene rings is 1. The first kappa shape index (κ1) is 15.1. The van der Waals surface area contributed by atoms with Crippen LogP contribution in [0.2, 0.25) is 0 Å². The molecule has 3 aliphatic rings. The Morgan fingerprint density at radius 2 is 1.95 bits per heavy atom. The SMILES string of the molecule is CC(=O)O[C@@H]1CC(C)(C)[C@@H]2C=C[C@@]1(C)ON2c1ccccc1. The van der Waals surface area contributed by atoms with Gasteiger partial charge in [0, 0.05) is 6.92 Å². The molecule has 4 rings (SSSR count). The maximum Gasteiger partial charge on any atom is 0.303 e. The molecule has 3 atom stereocenters. The van der Waals surface area contributed by atoms with E-state index in [1.54, 1.807) is 0 Å². The number of fused-ring (bicyclic) bond motifs is 3. The number of carbonyl (C=O) groups excluding carboxylic acids is 1. The van der Waals surface area contributed by atoms with Crippen LogP contribution in [0, 0.1) is 5.41 Å². The van der Waals surface area contributed by atoms with Gasteiger partial charge < -0.3 is 4.74 Å². The number of para-hydroxylation sites is 1. The van der Waals surface area contributed by atoms with E-state index in [0.29, 0.717) is 0 Å². The summed E-state index contributed by atoms with van der Waals surface area (Å²) in [5.74, 6) is -0.268. The molecule has 0 saturated carbocycles. The number of rotatable bonds is 2. The van der Waals surface area contributed by atoms with Crippen LogP contribution in [-0.2, 0) is 14.4 Å². The molecule has 1 aliphatic carbocycles. The van der Waals surface area contributed by atoms with E-state index < -0.39 is 5.60 Å². The quantitative estimate of drug-likeness (QED) is 0.619. The number of anilines is 1. The largest absolute Gasteiger partial charge is 0.459 e. The highest BCUT2D eigenvalue weighted by Gasteiger charge is 2.52. The molecule has 2 heterocycles. The first-order valence-electron chi connectivity index (χ1n) is 7.72. The fourth-order valence-corrected chi connectivity index (χ4v) is 3.35. The summed E-state index contributed by atoms with van der Waals surface area (Å²) in [5.41, 5.74) is 0.284. The van der Waals surface area contributed by atoms with Crippen LogP contribution in [0.3, 0.4) is 0 Å². The van der Waals surface area contributed by atoms with Crippen molar-refractivity contribution in [1.82, 2.24) is 0 Å². The van der Waals surface area contributed by atoms with Crippen molar-refractivity contribution in [3.05, 3.63) is 42.5 Å². The predicted molar refractivity (Wildman–Crippen MR) is 85.3 cm³/mol. The molecule has 1 aromatic rings. The van der Waals surface area contributed by atoms with Gasteiger partial charge in [0.1, 0.15) is 11.7 Å². The average molecular weight is 301 g/mol. The fourth-order valence-electron chi connectivity index (χ4n) is 3.35. The van der Waals surface area contributed by atoms with Gasteiger partial charge in [-0.1, -0.05) is 38.1 Å². The number of hydrogen-bond donors (Lipinski definition) is 0. The lowest BCUT2D eigenvalue weighted by molar-refractivity contribution is -0.163. The maximum absolute atomic E-state index is 11.5. The molecular weight excluding hydrogens is 278 g/mol. The molecule has 0 radical (unpaired) electrons. The third-order valence-electron chi connectivity index (χ3n) is 4.63. The lowest BCUT2D eigenvalue weighted by Crippen LogP contribution is -2.50. The van der Waals surface area contributed by atoms with E-state index in [-0.39, 0.29) is 23.5 Å². The van der Waals surface area contributed by atoms with Gasteiger partial charge in [-0.05, 0) is 37.0 Å². The summed E-state index contributed by atoms with van der Waals surface area (Å²) >= 11 is 0. The minimum absolute atomic E-state index is 0.0826. The van der Waals surface area contributed by atoms with Crippen molar-refractivity contribution in [3.63, 3.8) is 0 Å². The van der Waals surface area contributed by atoms with E-state index in [4.69, 9.17) is 9.57 Å². The van der Waals surface area contributed by atoms with Gasteiger partial charge in [0.15, 0.2) is 0 Å². The Balaban J connectivity index is 2.02. The molecule has 2 aliphatic heterocycles. The molecule has 0 N–H and O–H groups in total. The van der Waals surface area contributed by atoms with Crippen molar-refractivity contribution in [3.8, 4) is 0 Å². The second kappa shape index (κ2) is 5.13. The molecule has 1 aromatic carbocycles. The van der Waals surface area contributed by atoms with Crippen molar-refractivity contribution >= 4 is 11.7 Å². The number of nitrogens with zero attached hydrogens (tertiary/aromatic N) is 1. The lowest BCUT2D eigenvalue weighted by atomic mass is 9.79. The minimum Gasteiger partial charge on any atom is -0.459 e. The predicted octanol–water partition coefficient (Wildman–Crippen LogP) is 3.48. The number of ether oxygens (including phenoxy) is 1. The van der Waals surface area contributed by atoms with Crippen molar-refractivity contribution in [2.45, 2.75) is 51.9 Å². The Labute approximate surface area is 131 Å². The van der Waals surface area contributed by atoms with Gasteiger partial charge in [0.2, 0.25) is 0 Å². The summed E-state index contributed by atoms with van der Waals surface area (Å²) in [4.78, 5) is 17.8. The van der Waals surface area contributed by atoms with Gasteiger partial charge in [-0.15, -0.1) is 0 Å². The highest BCUT2D eigenvalue weighted by molar-refractivity contribution is 5.66. The summed E-state index contributed by atoms with van der Waals surface area (Å²) < 4.78 is 5.58. The molecule has 118 valence electrons. The molecule has 22 heavy (non-hydrogen) atoms. The Morgan fingerprint density at radius 3 is 2.59 bits per heavy atom. The van der Waals surface area contributed by atoms with Crippen molar-refractivity contribution in [1.29, 1.82) is 0 Å². The van der Waals surface area contributed by atoms with Gasteiger partial charge in [0.25, 0.3) is 0 Å². The van der Waals surface area contributed by atoms with Crippen molar-refractivity contribution in [2.24, 2.45) is 5.41 Å². The number of hydroxylamine groups is 1. The van der Waals surface area contributed by atoms with Crippen LogP contribution in [0.5, 0.6) is 0 Å². The molecule has 4 heteroatoms. The summed E-state index contributed by atoms with van der Waals surface area (Å²) in [5, 5.41) is 1.96. The summed E-state index contributed by atoms with van der Waals surface area (Å²) in [6, 6.07) is 10.2. The normalized spacial score (nSPS) is 32.6. The number of hydrogen-bond acceptors (Lipinski definition) is 4. The van der Waals surface area contributed by atoms with Crippen LogP contribution in [0.1, 0.15) is 34.1 Å². The lowest BCUT2D eigenvalue weighted by Gasteiger charge is -2.42. The van der Waals surface area contributed by atoms with Gasteiger partial charge in [-0.25, -0.2) is 5.06 Å². The van der Waals surface area contributed by atoms with Gasteiger partial charge in [0.05, 0.1) is 11.7 Å². The second-order valence-corrected chi connectivity index (χ2v) is 7.03. The standard InChI is InChI=1S/C18H23NO3/c1-13(20)21-16-12-17(2,3)15-10-11-18(16,4)22-19(15)14-8-6-5-7-9-14/h5-11,15-16H,12H2,1-4H3/t15-,16+,18+/m0/s1. The molecule has 0 aromatic heterocycles. The summed E-state index contributed by atoms with van der Waals surface area (Å²) in [6.45, 7) is 7.81. The maximum atomic E-state index is 11.5. The van der Waals surface area contributed by atoms with Crippen molar-refractivity contribution < 1.29 is 14.4 Å². The first-order valence-corrected chi connectivity index (χ1v) is 7.72. The molecular formula is C18H23NO3. The van der Waals surface area contributed by atoms with Crippen LogP contribution in [0.15, 0.2) is 42.5 Å². The summed E-state index contributed by atoms with van der Waals surface area (Å²) in [6.07, 6.45) is 4.68. The molecule has 1 saturated heterocycles. The second-order valence-electron chi connectivity index (χ2n) is 7.03. The monoisotopic (exact) mass is 301 g/mol. The van der Waals surface area contributed by atoms with Crippen LogP contribution in [-0.4, -0.2) is 23.7 Å². The highest BCUT2D eigenvalue weighted by Crippen LogP contribution is 2.46. The van der Waals surface area contributed by atoms with Gasteiger partial charge in [-0.3, -0.25) is 9.63 Å². The Hall–Kier alpha value is -1.81. The van der Waals surface area contributed by atoms with E-state index in [0.717, 1.165) is 12.1 Å². The van der Waals surface area contributed by atoms with Crippen molar-refractivity contribution in [2.75, 3.05) is 5.06 Å². The van der Waals surface area contributed by atoms with Crippen LogP contribution in [0.4, 0.5) is 5.69 Å². The van der Waals surface area contributed by atoms with Gasteiger partial charge in [-0.2, -0.15) is 0 Å². The van der Waals surface area contributed by atoms with E-state index in [9.17, 15) is 4.79 Å². The van der Waals surface area contributed by atoms with Crippen LogP contribution in [0.25, 0.3) is 0 Å². The van der Waals surface area contributed by atoms with Gasteiger partial charge >= 0.3 is 5.97 Å². The zero-order valence-corrected chi connectivity index (χ0v) is 13.6. The third-order valence-corrected chi connectivity index (χ3v) is 4.63. The van der Waals surface area contributed by atoms with E-state index in [1.807, 2.05) is 48.4 Å². The molecule has 0 unspecified atom stereocenters. The number of carbonyl (C=O) groups is 1. The molecule has 0 amide bonds. The molecule has 4 nitrogen and oxygen atoms in total. The Kier molecular flexibility index (Phi) is 3.52. The molecule has 1 fully saturated rings. The zero-order valence-electron chi connectivity index (χ0n) is 13.6. The smallest absolute Gasteiger partial charge is 0.303 e. The topological polar surface area (TPSA) is 38.8 Å². The van der Waals surface area contributed by atoms with E-state index >= 15 is 0 Å². The zero-order chi connectivity index (χ0) is 16.0. The number of esters is 1. The Morgan fingerprint density at radius 1 is 1.27 bits per heavy atom. The first-order chi connectivity index (χ1) is 10.3.